The largest absolute Gasteiger partial charge is 0.756 e. The third-order valence-corrected chi connectivity index (χ3v) is 17.3. The standard InChI is InChI=1S/C71H139N2O7P/c1-7-10-13-16-19-22-25-27-29-31-32-33-34-35-36-37-38-39-40-42-44-46-49-52-55-58-61-64-71(75)80-69(62-59-56-53-50-47-24-21-18-15-12-9-3)68(67-79-81(76,77)78-66-65-73(4,5)6)72-70(74)63-60-57-54-51-48-45-43-41-30-28-26-23-20-17-14-11-8-2/h27,29,59,62,68-69H,7-26,28,30-58,60-61,63-67H2,1-6H3,(H-,72,74,76,77)/b29-27+,62-59+. The predicted octanol–water partition coefficient (Wildman–Crippen LogP) is 21.8. The first kappa shape index (κ1) is 79.5. The molecule has 0 aromatic carbocycles. The summed E-state index contributed by atoms with van der Waals surface area (Å²) in [5.74, 6) is -0.518. The van der Waals surface area contributed by atoms with Crippen molar-refractivity contribution in [2.45, 2.75) is 380 Å². The molecular formula is C71H139N2O7P. The smallest absolute Gasteiger partial charge is 0.306 e. The summed E-state index contributed by atoms with van der Waals surface area (Å²) in [7, 11) is 1.21. The number of amides is 1. The molecule has 9 nitrogen and oxygen atoms in total. The van der Waals surface area contributed by atoms with Crippen LogP contribution in [-0.4, -0.2) is 69.4 Å². The maximum Gasteiger partial charge on any atom is 0.306 e. The molecule has 10 heteroatoms. The number of nitrogens with zero attached hydrogens (tertiary/aromatic N) is 1. The maximum absolute atomic E-state index is 13.6. The van der Waals surface area contributed by atoms with Gasteiger partial charge in [0.1, 0.15) is 19.3 Å². The first-order valence-corrected chi connectivity index (χ1v) is 37.1. The lowest BCUT2D eigenvalue weighted by Crippen LogP contribution is -2.47. The highest BCUT2D eigenvalue weighted by Crippen LogP contribution is 2.38. The molecule has 480 valence electrons. The summed E-state index contributed by atoms with van der Waals surface area (Å²) in [5.41, 5.74) is 0. The van der Waals surface area contributed by atoms with Crippen molar-refractivity contribution in [1.29, 1.82) is 0 Å². The fourth-order valence-corrected chi connectivity index (χ4v) is 11.6. The summed E-state index contributed by atoms with van der Waals surface area (Å²) in [5, 5.41) is 3.05. The van der Waals surface area contributed by atoms with Crippen molar-refractivity contribution < 1.29 is 37.3 Å². The van der Waals surface area contributed by atoms with Gasteiger partial charge in [0.05, 0.1) is 33.8 Å². The number of unbranched alkanes of at least 4 members (excludes halogenated alkanes) is 48. The van der Waals surface area contributed by atoms with Crippen LogP contribution in [0.15, 0.2) is 24.3 Å². The van der Waals surface area contributed by atoms with Crippen LogP contribution in [0.5, 0.6) is 0 Å². The number of ether oxygens (including phenoxy) is 1. The summed E-state index contributed by atoms with van der Waals surface area (Å²) in [6.45, 7) is 6.90. The first-order valence-electron chi connectivity index (χ1n) is 35.6. The second kappa shape index (κ2) is 61.6. The lowest BCUT2D eigenvalue weighted by atomic mass is 10.0. The molecule has 0 aromatic rings. The third-order valence-electron chi connectivity index (χ3n) is 16.4. The van der Waals surface area contributed by atoms with Crippen LogP contribution in [0.25, 0.3) is 0 Å². The molecule has 0 aliphatic carbocycles. The van der Waals surface area contributed by atoms with Crippen molar-refractivity contribution >= 4 is 19.7 Å². The number of phosphoric acid groups is 1. The van der Waals surface area contributed by atoms with E-state index in [-0.39, 0.29) is 31.5 Å². The quantitative estimate of drug-likeness (QED) is 0.0212. The van der Waals surface area contributed by atoms with E-state index in [1.165, 1.54) is 276 Å². The minimum Gasteiger partial charge on any atom is -0.756 e. The molecule has 0 heterocycles. The van der Waals surface area contributed by atoms with Gasteiger partial charge in [-0.05, 0) is 57.4 Å². The Hall–Kier alpha value is -1.51. The zero-order valence-electron chi connectivity index (χ0n) is 55.0. The molecule has 0 spiro atoms. The summed E-state index contributed by atoms with van der Waals surface area (Å²) in [6, 6.07) is -0.882. The minimum atomic E-state index is -4.69. The van der Waals surface area contributed by atoms with Crippen molar-refractivity contribution in [2.24, 2.45) is 0 Å². The van der Waals surface area contributed by atoms with E-state index in [4.69, 9.17) is 13.8 Å². The van der Waals surface area contributed by atoms with E-state index in [0.717, 1.165) is 57.8 Å². The van der Waals surface area contributed by atoms with Gasteiger partial charge in [-0.3, -0.25) is 14.2 Å². The molecule has 1 N–H and O–H groups in total. The molecular weight excluding hydrogens is 1020 g/mol. The lowest BCUT2D eigenvalue weighted by Gasteiger charge is -2.30. The zero-order chi connectivity index (χ0) is 59.3. The van der Waals surface area contributed by atoms with E-state index in [0.29, 0.717) is 17.4 Å². The average molecular weight is 1160 g/mol. The number of carbonyl (C=O) groups excluding carboxylic acids is 2. The van der Waals surface area contributed by atoms with E-state index in [1.807, 2.05) is 33.3 Å². The molecule has 81 heavy (non-hydrogen) atoms. The fraction of sp³-hybridized carbons (Fsp3) is 0.915. The van der Waals surface area contributed by atoms with Crippen LogP contribution in [-0.2, 0) is 27.9 Å². The van der Waals surface area contributed by atoms with Gasteiger partial charge in [-0.15, -0.1) is 0 Å². The van der Waals surface area contributed by atoms with Crippen LogP contribution in [0, 0.1) is 0 Å². The second-order valence-corrected chi connectivity index (χ2v) is 27.2. The summed E-state index contributed by atoms with van der Waals surface area (Å²) >= 11 is 0. The second-order valence-electron chi connectivity index (χ2n) is 25.7. The topological polar surface area (TPSA) is 114 Å². The van der Waals surface area contributed by atoms with Crippen molar-refractivity contribution in [1.82, 2.24) is 5.32 Å². The monoisotopic (exact) mass is 1160 g/mol. The lowest BCUT2D eigenvalue weighted by molar-refractivity contribution is -0.870. The molecule has 3 unspecified atom stereocenters. The molecule has 0 aromatic heterocycles. The zero-order valence-corrected chi connectivity index (χ0v) is 55.9. The number of phosphoric ester groups is 1. The average Bonchev–Trinajstić information content (AvgIpc) is 3.44. The van der Waals surface area contributed by atoms with Crippen LogP contribution >= 0.6 is 7.82 Å². The molecule has 0 radical (unpaired) electrons. The Morgan fingerprint density at radius 3 is 1.05 bits per heavy atom. The third kappa shape index (κ3) is 62.8. The van der Waals surface area contributed by atoms with Crippen molar-refractivity contribution in [3.8, 4) is 0 Å². The van der Waals surface area contributed by atoms with Gasteiger partial charge in [0, 0.05) is 12.8 Å². The Morgan fingerprint density at radius 2 is 0.716 bits per heavy atom. The highest BCUT2D eigenvalue weighted by Gasteiger charge is 2.27. The Labute approximate surface area is 504 Å². The number of carbonyl (C=O) groups is 2. The van der Waals surface area contributed by atoms with Gasteiger partial charge in [0.2, 0.25) is 5.91 Å². The van der Waals surface area contributed by atoms with Gasteiger partial charge in [-0.1, -0.05) is 322 Å². The number of quaternary nitrogens is 1. The van der Waals surface area contributed by atoms with Crippen LogP contribution in [0.3, 0.4) is 0 Å². The summed E-state index contributed by atoms with van der Waals surface area (Å²) < 4.78 is 30.4. The molecule has 0 fully saturated rings. The molecule has 0 rings (SSSR count). The molecule has 0 aliphatic rings. The van der Waals surface area contributed by atoms with Gasteiger partial charge in [-0.2, -0.15) is 0 Å². The van der Waals surface area contributed by atoms with Crippen LogP contribution in [0.1, 0.15) is 367 Å². The number of rotatable bonds is 66. The SMILES string of the molecule is CCCCCCCC/C=C/CCCCCCCCCCCCCCCCCCCC(=O)OC(/C=C/CCCCCCCCCCC)C(COP(=O)([O-])OCC[N+](C)(C)C)NC(=O)CCCCCCCCCCCCCCCCCCC. The Balaban J connectivity index is 4.93. The van der Waals surface area contributed by atoms with E-state index in [1.54, 1.807) is 0 Å². The van der Waals surface area contributed by atoms with Crippen LogP contribution < -0.4 is 10.2 Å². The van der Waals surface area contributed by atoms with E-state index < -0.39 is 20.0 Å². The number of allylic oxidation sites excluding steroid dienone is 3. The van der Waals surface area contributed by atoms with Crippen molar-refractivity contribution in [2.75, 3.05) is 40.9 Å². The van der Waals surface area contributed by atoms with Crippen LogP contribution in [0.4, 0.5) is 0 Å². The van der Waals surface area contributed by atoms with Gasteiger partial charge in [0.25, 0.3) is 7.82 Å². The summed E-state index contributed by atoms with van der Waals surface area (Å²) in [6.07, 6.45) is 74.5. The Morgan fingerprint density at radius 1 is 0.420 bits per heavy atom. The first-order chi connectivity index (χ1) is 39.4. The van der Waals surface area contributed by atoms with E-state index >= 15 is 0 Å². The van der Waals surface area contributed by atoms with Gasteiger partial charge < -0.3 is 28.5 Å². The molecule has 3 atom stereocenters. The minimum absolute atomic E-state index is 0.0177. The van der Waals surface area contributed by atoms with E-state index in [9.17, 15) is 19.0 Å². The van der Waals surface area contributed by atoms with Gasteiger partial charge in [-0.25, -0.2) is 0 Å². The fourth-order valence-electron chi connectivity index (χ4n) is 10.9. The molecule has 0 aliphatic heterocycles. The normalized spacial score (nSPS) is 13.6. The molecule has 1 amide bonds. The Kier molecular flexibility index (Phi) is 60.4. The Bertz CT molecular complexity index is 1430. The summed E-state index contributed by atoms with van der Waals surface area (Å²) in [4.78, 5) is 40.1. The number of esters is 1. The number of nitrogens with one attached hydrogen (secondary N) is 1. The number of hydrogen-bond acceptors (Lipinski definition) is 7. The number of likely N-dealkylation sites (N-methyl/N-ethyl adjacent to an activating group) is 1. The van der Waals surface area contributed by atoms with Crippen LogP contribution in [0.2, 0.25) is 0 Å². The van der Waals surface area contributed by atoms with Gasteiger partial charge in [0.15, 0.2) is 0 Å². The highest BCUT2D eigenvalue weighted by molar-refractivity contribution is 7.45. The van der Waals surface area contributed by atoms with Crippen molar-refractivity contribution in [3.05, 3.63) is 24.3 Å². The number of hydrogen-bond donors (Lipinski definition) is 1. The molecule has 0 bridgehead atoms. The molecule has 0 saturated heterocycles. The molecule has 0 saturated carbocycles. The van der Waals surface area contributed by atoms with Crippen molar-refractivity contribution in [3.63, 3.8) is 0 Å². The van der Waals surface area contributed by atoms with E-state index in [2.05, 4.69) is 38.2 Å². The maximum atomic E-state index is 13.6. The highest BCUT2D eigenvalue weighted by atomic mass is 31.2. The predicted molar refractivity (Wildman–Crippen MR) is 349 cm³/mol. The van der Waals surface area contributed by atoms with Gasteiger partial charge >= 0.3 is 5.97 Å².